The Labute approximate surface area is 155 Å². The maximum Gasteiger partial charge on any atom is 0.129 e. The van der Waals surface area contributed by atoms with Crippen LogP contribution in [0.3, 0.4) is 0 Å². The zero-order valence-corrected chi connectivity index (χ0v) is 15.5. The Morgan fingerprint density at radius 2 is 1.88 bits per heavy atom. The molecule has 1 aliphatic carbocycles. The third-order valence-electron chi connectivity index (χ3n) is 6.04. The Morgan fingerprint density at radius 3 is 2.52 bits per heavy atom. The summed E-state index contributed by atoms with van der Waals surface area (Å²) in [6.07, 6.45) is 5.51. The number of halogens is 1. The first-order valence-electron chi connectivity index (χ1n) is 9.16. The van der Waals surface area contributed by atoms with Crippen molar-refractivity contribution in [3.05, 3.63) is 64.9 Å². The van der Waals surface area contributed by atoms with Crippen LogP contribution >= 0.6 is 11.6 Å². The molecule has 0 spiro atoms. The van der Waals surface area contributed by atoms with Gasteiger partial charge in [-0.1, -0.05) is 48.4 Å². The zero-order valence-electron chi connectivity index (χ0n) is 14.7. The Kier molecular flexibility index (Phi) is 4.81. The van der Waals surface area contributed by atoms with Crippen LogP contribution in [0.2, 0.25) is 5.15 Å². The van der Waals surface area contributed by atoms with Crippen molar-refractivity contribution in [2.24, 2.45) is 11.8 Å². The normalized spacial score (nSPS) is 29.5. The van der Waals surface area contributed by atoms with Gasteiger partial charge in [-0.05, 0) is 36.1 Å². The van der Waals surface area contributed by atoms with E-state index in [0.717, 1.165) is 19.6 Å². The lowest BCUT2D eigenvalue weighted by Crippen LogP contribution is -2.58. The molecule has 1 aromatic heterocycles. The number of pyridine rings is 1. The Balaban J connectivity index is 1.63. The largest absolute Gasteiger partial charge is 0.373 e. The number of hydrogen-bond donors (Lipinski definition) is 0. The summed E-state index contributed by atoms with van der Waals surface area (Å²) >= 11 is 6.20. The van der Waals surface area contributed by atoms with E-state index < -0.39 is 0 Å². The van der Waals surface area contributed by atoms with Gasteiger partial charge < -0.3 is 4.74 Å². The number of ether oxygens (including phenoxy) is 1. The summed E-state index contributed by atoms with van der Waals surface area (Å²) in [4.78, 5) is 6.77. The van der Waals surface area contributed by atoms with Crippen LogP contribution in [0.1, 0.15) is 30.4 Å². The van der Waals surface area contributed by atoms with Crippen LogP contribution in [0.25, 0.3) is 0 Å². The van der Waals surface area contributed by atoms with E-state index in [0.29, 0.717) is 17.0 Å². The van der Waals surface area contributed by atoms with Crippen LogP contribution in [-0.4, -0.2) is 30.1 Å². The summed E-state index contributed by atoms with van der Waals surface area (Å²) in [5.41, 5.74) is 2.36. The molecule has 1 aromatic carbocycles. The number of benzene rings is 1. The van der Waals surface area contributed by atoms with E-state index in [-0.39, 0.29) is 5.60 Å². The van der Waals surface area contributed by atoms with E-state index in [1.165, 1.54) is 30.4 Å². The number of fused-ring (bicyclic) bond motifs is 2. The Bertz CT molecular complexity index is 707. The fraction of sp³-hybridized carbons (Fsp3) is 0.476. The van der Waals surface area contributed by atoms with Crippen molar-refractivity contribution in [1.29, 1.82) is 0 Å². The molecule has 0 N–H and O–H groups in total. The lowest BCUT2D eigenvalue weighted by atomic mass is 9.62. The van der Waals surface area contributed by atoms with Crippen LogP contribution in [-0.2, 0) is 16.9 Å². The second kappa shape index (κ2) is 7.06. The van der Waals surface area contributed by atoms with Gasteiger partial charge in [0.05, 0.1) is 0 Å². The van der Waals surface area contributed by atoms with Gasteiger partial charge >= 0.3 is 0 Å². The van der Waals surface area contributed by atoms with Crippen molar-refractivity contribution in [3.8, 4) is 0 Å². The summed E-state index contributed by atoms with van der Waals surface area (Å²) in [5.74, 6) is 0.986. The molecular weight excluding hydrogens is 332 g/mol. The number of hydrogen-bond acceptors (Lipinski definition) is 3. The number of likely N-dealkylation sites (tertiary alicyclic amines) is 1. The van der Waals surface area contributed by atoms with Crippen LogP contribution in [0.4, 0.5) is 0 Å². The molecule has 1 saturated heterocycles. The molecule has 4 rings (SSSR count). The maximum atomic E-state index is 6.27. The van der Waals surface area contributed by atoms with Crippen molar-refractivity contribution in [1.82, 2.24) is 9.88 Å². The molecule has 2 fully saturated rings. The second-order valence-corrected chi connectivity index (χ2v) is 7.76. The van der Waals surface area contributed by atoms with Crippen LogP contribution < -0.4 is 0 Å². The predicted octanol–water partition coefficient (Wildman–Crippen LogP) is 4.51. The molecule has 132 valence electrons. The van der Waals surface area contributed by atoms with Crippen molar-refractivity contribution in [2.75, 3.05) is 20.2 Å². The molecule has 1 saturated carbocycles. The summed E-state index contributed by atoms with van der Waals surface area (Å²) < 4.78 is 6.27. The number of nitrogens with zero attached hydrogens (tertiary/aromatic N) is 2. The topological polar surface area (TPSA) is 25.4 Å². The quantitative estimate of drug-likeness (QED) is 0.754. The molecule has 2 heterocycles. The minimum absolute atomic E-state index is 0.224. The molecule has 0 amide bonds. The predicted molar refractivity (Wildman–Crippen MR) is 100 cm³/mol. The highest BCUT2D eigenvalue weighted by Gasteiger charge is 2.53. The van der Waals surface area contributed by atoms with Gasteiger partial charge in [0.2, 0.25) is 0 Å². The zero-order chi connectivity index (χ0) is 17.3. The third kappa shape index (κ3) is 3.10. The average Bonchev–Trinajstić information content (AvgIpc) is 2.62. The third-order valence-corrected chi connectivity index (χ3v) is 6.25. The summed E-state index contributed by atoms with van der Waals surface area (Å²) in [6.45, 7) is 3.16. The first-order chi connectivity index (χ1) is 12.2. The van der Waals surface area contributed by atoms with Crippen molar-refractivity contribution in [3.63, 3.8) is 0 Å². The first kappa shape index (κ1) is 17.0. The lowest BCUT2D eigenvalue weighted by molar-refractivity contribution is -0.170. The Morgan fingerprint density at radius 1 is 1.16 bits per heavy atom. The van der Waals surface area contributed by atoms with E-state index in [4.69, 9.17) is 16.3 Å². The van der Waals surface area contributed by atoms with E-state index in [1.54, 1.807) is 0 Å². The number of rotatable bonds is 4. The first-order valence-corrected chi connectivity index (χ1v) is 9.53. The molecule has 3 atom stereocenters. The molecule has 1 aliphatic heterocycles. The highest BCUT2D eigenvalue weighted by molar-refractivity contribution is 6.29. The minimum atomic E-state index is -0.224. The smallest absolute Gasteiger partial charge is 0.129 e. The van der Waals surface area contributed by atoms with E-state index in [2.05, 4.69) is 46.3 Å². The number of piperidine rings is 1. The van der Waals surface area contributed by atoms with Crippen molar-refractivity contribution in [2.45, 2.75) is 31.4 Å². The molecule has 0 radical (unpaired) electrons. The van der Waals surface area contributed by atoms with Gasteiger partial charge in [0, 0.05) is 44.8 Å². The van der Waals surface area contributed by atoms with Crippen LogP contribution in [0, 0.1) is 11.8 Å². The van der Waals surface area contributed by atoms with Gasteiger partial charge in [-0.15, -0.1) is 0 Å². The van der Waals surface area contributed by atoms with Gasteiger partial charge in [-0.3, -0.25) is 4.90 Å². The molecular formula is C21H25ClN2O. The standard InChI is InChI=1S/C21H25ClN2O/c1-25-21(17-10-11-23-20(22)12-17)18-8-5-9-19(21)15-24(14-18)13-16-6-3-2-4-7-16/h2-4,6-7,10-12,18-19H,5,8-9,13-15H2,1H3/t18-,19+,21+. The van der Waals surface area contributed by atoms with Gasteiger partial charge in [0.15, 0.2) is 0 Å². The van der Waals surface area contributed by atoms with Gasteiger partial charge in [0.1, 0.15) is 10.8 Å². The molecule has 4 heteroatoms. The van der Waals surface area contributed by atoms with E-state index >= 15 is 0 Å². The van der Waals surface area contributed by atoms with Gasteiger partial charge in [-0.2, -0.15) is 0 Å². The van der Waals surface area contributed by atoms with E-state index in [9.17, 15) is 0 Å². The fourth-order valence-electron chi connectivity index (χ4n) is 5.06. The molecule has 2 aromatic rings. The Hall–Kier alpha value is -1.42. The summed E-state index contributed by atoms with van der Waals surface area (Å²) in [6, 6.07) is 14.9. The van der Waals surface area contributed by atoms with E-state index in [1.807, 2.05) is 19.4 Å². The van der Waals surface area contributed by atoms with Gasteiger partial charge in [-0.25, -0.2) is 4.98 Å². The van der Waals surface area contributed by atoms with Crippen LogP contribution in [0.15, 0.2) is 48.7 Å². The highest BCUT2D eigenvalue weighted by Crippen LogP contribution is 2.51. The number of aromatic nitrogens is 1. The van der Waals surface area contributed by atoms with Crippen LogP contribution in [0.5, 0.6) is 0 Å². The van der Waals surface area contributed by atoms with Crippen molar-refractivity contribution < 1.29 is 4.74 Å². The maximum absolute atomic E-state index is 6.27. The summed E-state index contributed by atoms with van der Waals surface area (Å²) in [7, 11) is 1.87. The lowest BCUT2D eigenvalue weighted by Gasteiger charge is -2.55. The van der Waals surface area contributed by atoms with Crippen molar-refractivity contribution >= 4 is 11.6 Å². The SMILES string of the molecule is CO[C@@]1(c2ccnc(Cl)c2)[C@@H]2CCC[C@H]1CN(Cc1ccccc1)C2. The molecule has 3 nitrogen and oxygen atoms in total. The molecule has 2 aliphatic rings. The molecule has 2 bridgehead atoms. The number of methoxy groups -OCH3 is 1. The second-order valence-electron chi connectivity index (χ2n) is 7.37. The minimum Gasteiger partial charge on any atom is -0.373 e. The molecule has 0 unspecified atom stereocenters. The fourth-order valence-corrected chi connectivity index (χ4v) is 5.24. The monoisotopic (exact) mass is 356 g/mol. The molecule has 25 heavy (non-hydrogen) atoms. The highest BCUT2D eigenvalue weighted by atomic mass is 35.5. The van der Waals surface area contributed by atoms with Gasteiger partial charge in [0.25, 0.3) is 0 Å². The average molecular weight is 357 g/mol. The summed E-state index contributed by atoms with van der Waals surface area (Å²) in [5, 5.41) is 0.554.